The summed E-state index contributed by atoms with van der Waals surface area (Å²) in [7, 11) is 1.50. The van der Waals surface area contributed by atoms with Crippen LogP contribution in [0.4, 0.5) is 4.39 Å². The minimum atomic E-state index is -0.367. The van der Waals surface area contributed by atoms with E-state index in [1.807, 2.05) is 34.9 Å². The predicted molar refractivity (Wildman–Crippen MR) is 107 cm³/mol. The van der Waals surface area contributed by atoms with Gasteiger partial charge in [0.15, 0.2) is 0 Å². The number of imidazole rings is 1. The van der Waals surface area contributed by atoms with Crippen molar-refractivity contribution in [2.45, 2.75) is 6.04 Å². The van der Waals surface area contributed by atoms with E-state index in [1.54, 1.807) is 30.7 Å². The fourth-order valence-electron chi connectivity index (χ4n) is 3.27. The Morgan fingerprint density at radius 1 is 1.03 bits per heavy atom. The van der Waals surface area contributed by atoms with Crippen LogP contribution in [0, 0.1) is 5.82 Å². The van der Waals surface area contributed by atoms with Crippen molar-refractivity contribution in [2.24, 2.45) is 0 Å². The van der Waals surface area contributed by atoms with Gasteiger partial charge in [0.2, 0.25) is 0 Å². The van der Waals surface area contributed by atoms with Crippen LogP contribution in [0.1, 0.15) is 11.6 Å². The van der Waals surface area contributed by atoms with Crippen LogP contribution in [0.5, 0.6) is 6.01 Å². The van der Waals surface area contributed by atoms with Crippen LogP contribution in [-0.2, 0) is 0 Å². The summed E-state index contributed by atoms with van der Waals surface area (Å²) in [5, 5.41) is 10.2. The van der Waals surface area contributed by atoms with Gasteiger partial charge in [0.25, 0.3) is 0 Å². The fraction of sp³-hybridized carbons (Fsp3) is 0.136. The van der Waals surface area contributed by atoms with E-state index in [-0.39, 0.29) is 24.5 Å². The maximum atomic E-state index is 13.4. The molecule has 0 aliphatic rings. The van der Waals surface area contributed by atoms with Gasteiger partial charge in [-0.15, -0.1) is 0 Å². The molecule has 2 heterocycles. The van der Waals surface area contributed by atoms with E-state index in [1.165, 1.54) is 19.2 Å². The summed E-state index contributed by atoms with van der Waals surface area (Å²) in [6.07, 6.45) is 3.26. The first kappa shape index (κ1) is 18.8. The van der Waals surface area contributed by atoms with Gasteiger partial charge < -0.3 is 14.4 Å². The van der Waals surface area contributed by atoms with E-state index in [9.17, 15) is 9.50 Å². The summed E-state index contributed by atoms with van der Waals surface area (Å²) >= 11 is 0. The van der Waals surface area contributed by atoms with Crippen LogP contribution < -0.4 is 4.74 Å². The molecular formula is C22H19FN4O2. The Kier molecular flexibility index (Phi) is 5.31. The van der Waals surface area contributed by atoms with Gasteiger partial charge in [-0.3, -0.25) is 0 Å². The standard InChI is InChI=1S/C22H19FN4O2/c1-29-22-24-12-11-18(26-22)21-20(16-7-9-17(23)10-8-16)25-14-27(21)19(13-28)15-5-3-2-4-6-15/h2-12,14,19,28H,13H2,1H3/t19-/m0/s1. The van der Waals surface area contributed by atoms with Crippen molar-refractivity contribution in [1.82, 2.24) is 19.5 Å². The van der Waals surface area contributed by atoms with Crippen LogP contribution in [0.2, 0.25) is 0 Å². The first-order chi connectivity index (χ1) is 14.2. The molecule has 146 valence electrons. The summed E-state index contributed by atoms with van der Waals surface area (Å²) in [6.45, 7) is -0.127. The van der Waals surface area contributed by atoms with Gasteiger partial charge in [0, 0.05) is 11.8 Å². The van der Waals surface area contributed by atoms with Gasteiger partial charge in [-0.2, -0.15) is 4.98 Å². The number of aromatic nitrogens is 4. The maximum Gasteiger partial charge on any atom is 0.316 e. The number of aliphatic hydroxyl groups is 1. The van der Waals surface area contributed by atoms with E-state index in [0.717, 1.165) is 11.1 Å². The lowest BCUT2D eigenvalue weighted by Crippen LogP contribution is -2.15. The molecule has 1 N–H and O–H groups in total. The number of rotatable bonds is 6. The van der Waals surface area contributed by atoms with Crippen molar-refractivity contribution in [3.05, 3.63) is 84.6 Å². The first-order valence-electron chi connectivity index (χ1n) is 9.07. The quantitative estimate of drug-likeness (QED) is 0.543. The second-order valence-electron chi connectivity index (χ2n) is 6.39. The average molecular weight is 390 g/mol. The summed E-state index contributed by atoms with van der Waals surface area (Å²) < 4.78 is 20.5. The van der Waals surface area contributed by atoms with Crippen LogP contribution in [-0.4, -0.2) is 38.3 Å². The van der Waals surface area contributed by atoms with Crippen LogP contribution >= 0.6 is 0 Å². The minimum absolute atomic E-state index is 0.127. The number of aliphatic hydroxyl groups excluding tert-OH is 1. The van der Waals surface area contributed by atoms with E-state index < -0.39 is 0 Å². The molecule has 0 spiro atoms. The van der Waals surface area contributed by atoms with Crippen LogP contribution in [0.15, 0.2) is 73.2 Å². The fourth-order valence-corrected chi connectivity index (χ4v) is 3.27. The molecule has 0 fully saturated rings. The van der Waals surface area contributed by atoms with E-state index in [4.69, 9.17) is 4.74 Å². The van der Waals surface area contributed by atoms with Gasteiger partial charge in [-0.25, -0.2) is 14.4 Å². The Hall–Kier alpha value is -3.58. The van der Waals surface area contributed by atoms with Crippen molar-refractivity contribution in [2.75, 3.05) is 13.7 Å². The number of hydrogen-bond acceptors (Lipinski definition) is 5. The third kappa shape index (κ3) is 3.72. The molecule has 0 aliphatic heterocycles. The Morgan fingerprint density at radius 3 is 2.48 bits per heavy atom. The molecular weight excluding hydrogens is 371 g/mol. The Balaban J connectivity index is 1.93. The Bertz CT molecular complexity index is 1100. The summed E-state index contributed by atoms with van der Waals surface area (Å²) in [6, 6.07) is 17.4. The average Bonchev–Trinajstić information content (AvgIpc) is 3.20. The molecule has 2 aromatic carbocycles. The number of benzene rings is 2. The van der Waals surface area contributed by atoms with Crippen LogP contribution in [0.3, 0.4) is 0 Å². The maximum absolute atomic E-state index is 13.4. The normalized spacial score (nSPS) is 12.0. The van der Waals surface area contributed by atoms with E-state index in [0.29, 0.717) is 17.1 Å². The van der Waals surface area contributed by atoms with Crippen molar-refractivity contribution >= 4 is 0 Å². The zero-order chi connectivity index (χ0) is 20.2. The monoisotopic (exact) mass is 390 g/mol. The number of methoxy groups -OCH3 is 1. The smallest absolute Gasteiger partial charge is 0.316 e. The van der Waals surface area contributed by atoms with Crippen molar-refractivity contribution in [1.29, 1.82) is 0 Å². The lowest BCUT2D eigenvalue weighted by Gasteiger charge is -2.20. The number of hydrogen-bond donors (Lipinski definition) is 1. The highest BCUT2D eigenvalue weighted by molar-refractivity contribution is 5.77. The number of nitrogens with zero attached hydrogens (tertiary/aromatic N) is 4. The second-order valence-corrected chi connectivity index (χ2v) is 6.39. The molecule has 2 aromatic heterocycles. The SMILES string of the molecule is COc1nccc(-c2c(-c3ccc(F)cc3)ncn2[C@@H](CO)c2ccccc2)n1. The Labute approximate surface area is 167 Å². The summed E-state index contributed by atoms with van der Waals surface area (Å²) in [5.41, 5.74) is 3.56. The van der Waals surface area contributed by atoms with Crippen molar-refractivity contribution in [3.8, 4) is 28.7 Å². The van der Waals surface area contributed by atoms with Gasteiger partial charge in [-0.1, -0.05) is 30.3 Å². The number of halogens is 1. The third-order valence-corrected chi connectivity index (χ3v) is 4.66. The molecule has 6 nitrogen and oxygen atoms in total. The van der Waals surface area contributed by atoms with Gasteiger partial charge in [0.05, 0.1) is 43.2 Å². The summed E-state index contributed by atoms with van der Waals surface area (Å²) in [4.78, 5) is 13.1. The lowest BCUT2D eigenvalue weighted by molar-refractivity contribution is 0.250. The second kappa shape index (κ2) is 8.20. The van der Waals surface area contributed by atoms with Gasteiger partial charge in [0.1, 0.15) is 5.82 Å². The molecule has 1 atom stereocenters. The Morgan fingerprint density at radius 2 is 1.79 bits per heavy atom. The first-order valence-corrected chi connectivity index (χ1v) is 9.07. The highest BCUT2D eigenvalue weighted by Crippen LogP contribution is 2.34. The molecule has 0 unspecified atom stereocenters. The zero-order valence-corrected chi connectivity index (χ0v) is 15.7. The topological polar surface area (TPSA) is 73.1 Å². The highest BCUT2D eigenvalue weighted by Gasteiger charge is 2.23. The van der Waals surface area contributed by atoms with Gasteiger partial charge >= 0.3 is 6.01 Å². The van der Waals surface area contributed by atoms with E-state index >= 15 is 0 Å². The molecule has 0 aliphatic carbocycles. The van der Waals surface area contributed by atoms with Gasteiger partial charge in [-0.05, 0) is 35.9 Å². The molecule has 0 radical (unpaired) electrons. The molecule has 4 aromatic rings. The highest BCUT2D eigenvalue weighted by atomic mass is 19.1. The van der Waals surface area contributed by atoms with Crippen molar-refractivity contribution < 1.29 is 14.2 Å². The molecule has 7 heteroatoms. The zero-order valence-electron chi connectivity index (χ0n) is 15.7. The predicted octanol–water partition coefficient (Wildman–Crippen LogP) is 3.74. The largest absolute Gasteiger partial charge is 0.467 e. The van der Waals surface area contributed by atoms with Crippen molar-refractivity contribution in [3.63, 3.8) is 0 Å². The lowest BCUT2D eigenvalue weighted by atomic mass is 10.0. The third-order valence-electron chi connectivity index (χ3n) is 4.66. The molecule has 0 saturated carbocycles. The van der Waals surface area contributed by atoms with E-state index in [2.05, 4.69) is 15.0 Å². The molecule has 29 heavy (non-hydrogen) atoms. The minimum Gasteiger partial charge on any atom is -0.467 e. The molecule has 0 saturated heterocycles. The summed E-state index contributed by atoms with van der Waals surface area (Å²) in [5.74, 6) is -0.323. The van der Waals surface area contributed by atoms with Crippen LogP contribution in [0.25, 0.3) is 22.6 Å². The molecule has 0 amide bonds. The number of ether oxygens (including phenoxy) is 1. The molecule has 0 bridgehead atoms. The molecule has 4 rings (SSSR count).